The van der Waals surface area contributed by atoms with Crippen molar-refractivity contribution in [3.05, 3.63) is 29.3 Å². The second-order valence-electron chi connectivity index (χ2n) is 5.75. The predicted octanol–water partition coefficient (Wildman–Crippen LogP) is 2.82. The van der Waals surface area contributed by atoms with Gasteiger partial charge in [0, 0.05) is 29.6 Å². The van der Waals surface area contributed by atoms with Crippen LogP contribution in [0.25, 0.3) is 0 Å². The Balaban J connectivity index is 2.13. The summed E-state index contributed by atoms with van der Waals surface area (Å²) in [6, 6.07) is 5.77. The quantitative estimate of drug-likeness (QED) is 0.858. The van der Waals surface area contributed by atoms with Gasteiger partial charge in [-0.15, -0.1) is 0 Å². The van der Waals surface area contributed by atoms with E-state index in [0.29, 0.717) is 26.0 Å². The molecule has 0 amide bonds. The molecule has 1 heterocycles. The lowest BCUT2D eigenvalue weighted by Crippen LogP contribution is -2.37. The lowest BCUT2D eigenvalue weighted by molar-refractivity contribution is -0.143. The van der Waals surface area contributed by atoms with Gasteiger partial charge in [-0.2, -0.15) is 0 Å². The molecule has 0 atom stereocenters. The van der Waals surface area contributed by atoms with Gasteiger partial charge in [-0.25, -0.2) is 0 Å². The van der Waals surface area contributed by atoms with E-state index in [-0.39, 0.29) is 17.2 Å². The van der Waals surface area contributed by atoms with Gasteiger partial charge in [0.15, 0.2) is 5.78 Å². The van der Waals surface area contributed by atoms with Gasteiger partial charge in [0.05, 0.1) is 6.61 Å². The Morgan fingerprint density at radius 2 is 2.15 bits per heavy atom. The highest BCUT2D eigenvalue weighted by Crippen LogP contribution is 2.32. The number of hydrogen-bond acceptors (Lipinski definition) is 4. The van der Waals surface area contributed by atoms with Gasteiger partial charge in [0.25, 0.3) is 0 Å². The number of carbonyl (C=O) groups excluding carboxylic acids is 2. The second kappa shape index (κ2) is 5.65. The van der Waals surface area contributed by atoms with E-state index in [4.69, 9.17) is 4.74 Å². The average molecular weight is 275 g/mol. The van der Waals surface area contributed by atoms with Crippen molar-refractivity contribution < 1.29 is 14.3 Å². The molecule has 108 valence electrons. The Bertz CT molecular complexity index is 535. The zero-order valence-corrected chi connectivity index (χ0v) is 12.3. The molecular formula is C16H21NO3. The minimum Gasteiger partial charge on any atom is -0.466 e. The van der Waals surface area contributed by atoms with Crippen molar-refractivity contribution in [1.82, 2.24) is 0 Å². The summed E-state index contributed by atoms with van der Waals surface area (Å²) in [5.41, 5.74) is 2.22. The standard InChI is InChI=1S/C16H21NO3/c1-4-20-14(18)8-6-11-5-7-13-12(9-11)15(19)16(2,3)10-17-13/h5,7,9,17H,4,6,8,10H2,1-3H3. The van der Waals surface area contributed by atoms with E-state index in [0.717, 1.165) is 16.8 Å². The van der Waals surface area contributed by atoms with Crippen molar-refractivity contribution >= 4 is 17.4 Å². The molecule has 1 N–H and O–H groups in total. The normalized spacial score (nSPS) is 16.2. The number of ether oxygens (including phenoxy) is 1. The molecule has 4 nitrogen and oxygen atoms in total. The number of benzene rings is 1. The Labute approximate surface area is 119 Å². The van der Waals surface area contributed by atoms with Crippen molar-refractivity contribution in [3.8, 4) is 0 Å². The number of Topliss-reactive ketones (excluding diaryl/α,β-unsaturated/α-hetero) is 1. The minimum absolute atomic E-state index is 0.157. The lowest BCUT2D eigenvalue weighted by Gasteiger charge is -2.31. The number of anilines is 1. The third-order valence-corrected chi connectivity index (χ3v) is 3.59. The number of carbonyl (C=O) groups is 2. The van der Waals surface area contributed by atoms with E-state index in [1.165, 1.54) is 0 Å². The summed E-state index contributed by atoms with van der Waals surface area (Å²) in [7, 11) is 0. The van der Waals surface area contributed by atoms with Crippen molar-refractivity contribution in [1.29, 1.82) is 0 Å². The zero-order chi connectivity index (χ0) is 14.8. The number of nitrogens with one attached hydrogen (secondary N) is 1. The van der Waals surface area contributed by atoms with Crippen LogP contribution in [0.5, 0.6) is 0 Å². The molecule has 1 aliphatic rings. The van der Waals surface area contributed by atoms with Crippen LogP contribution in [0, 0.1) is 5.41 Å². The molecular weight excluding hydrogens is 254 g/mol. The number of aryl methyl sites for hydroxylation is 1. The Morgan fingerprint density at radius 3 is 2.85 bits per heavy atom. The van der Waals surface area contributed by atoms with Crippen molar-refractivity contribution in [2.75, 3.05) is 18.5 Å². The molecule has 1 aliphatic heterocycles. The topological polar surface area (TPSA) is 55.4 Å². The Kier molecular flexibility index (Phi) is 4.12. The number of hydrogen-bond donors (Lipinski definition) is 1. The van der Waals surface area contributed by atoms with E-state index in [1.54, 1.807) is 6.92 Å². The molecule has 1 aromatic rings. The molecule has 0 saturated heterocycles. The van der Waals surface area contributed by atoms with Crippen LogP contribution < -0.4 is 5.32 Å². The summed E-state index contributed by atoms with van der Waals surface area (Å²) in [4.78, 5) is 23.8. The maximum atomic E-state index is 12.4. The first kappa shape index (κ1) is 14.6. The first-order valence-electron chi connectivity index (χ1n) is 7.01. The fraction of sp³-hybridized carbons (Fsp3) is 0.500. The first-order chi connectivity index (χ1) is 9.44. The van der Waals surface area contributed by atoms with Crippen LogP contribution in [0.3, 0.4) is 0 Å². The van der Waals surface area contributed by atoms with Crippen molar-refractivity contribution in [2.24, 2.45) is 5.41 Å². The van der Waals surface area contributed by atoms with Gasteiger partial charge < -0.3 is 10.1 Å². The molecule has 0 radical (unpaired) electrons. The van der Waals surface area contributed by atoms with Crippen molar-refractivity contribution in [3.63, 3.8) is 0 Å². The minimum atomic E-state index is -0.382. The van der Waals surface area contributed by atoms with E-state index >= 15 is 0 Å². The van der Waals surface area contributed by atoms with Gasteiger partial charge in [-0.3, -0.25) is 9.59 Å². The monoisotopic (exact) mass is 275 g/mol. The number of rotatable bonds is 4. The molecule has 1 aromatic carbocycles. The van der Waals surface area contributed by atoms with Crippen LogP contribution in [-0.2, 0) is 16.0 Å². The lowest BCUT2D eigenvalue weighted by atomic mass is 9.80. The van der Waals surface area contributed by atoms with Gasteiger partial charge in [-0.05, 0) is 31.0 Å². The smallest absolute Gasteiger partial charge is 0.306 e. The summed E-state index contributed by atoms with van der Waals surface area (Å²) in [5, 5.41) is 3.28. The first-order valence-corrected chi connectivity index (χ1v) is 7.01. The van der Waals surface area contributed by atoms with Crippen LogP contribution in [0.2, 0.25) is 0 Å². The van der Waals surface area contributed by atoms with E-state index in [2.05, 4.69) is 5.32 Å². The summed E-state index contributed by atoms with van der Waals surface area (Å²) in [5.74, 6) is -0.0424. The molecule has 0 saturated carbocycles. The van der Waals surface area contributed by atoms with E-state index in [1.807, 2.05) is 32.0 Å². The van der Waals surface area contributed by atoms with E-state index < -0.39 is 0 Å². The maximum absolute atomic E-state index is 12.4. The summed E-state index contributed by atoms with van der Waals surface area (Å²) < 4.78 is 4.91. The highest BCUT2D eigenvalue weighted by atomic mass is 16.5. The van der Waals surface area contributed by atoms with Gasteiger partial charge in [0.2, 0.25) is 0 Å². The molecule has 4 heteroatoms. The largest absolute Gasteiger partial charge is 0.466 e. The van der Waals surface area contributed by atoms with Crippen molar-refractivity contribution in [2.45, 2.75) is 33.6 Å². The third kappa shape index (κ3) is 3.00. The van der Waals surface area contributed by atoms with Crippen LogP contribution >= 0.6 is 0 Å². The number of fused-ring (bicyclic) bond motifs is 1. The Morgan fingerprint density at radius 1 is 1.40 bits per heavy atom. The van der Waals surface area contributed by atoms with Gasteiger partial charge >= 0.3 is 5.97 Å². The zero-order valence-electron chi connectivity index (χ0n) is 12.3. The third-order valence-electron chi connectivity index (χ3n) is 3.59. The predicted molar refractivity (Wildman–Crippen MR) is 78.0 cm³/mol. The fourth-order valence-electron chi connectivity index (χ4n) is 2.33. The van der Waals surface area contributed by atoms with Crippen LogP contribution in [0.1, 0.15) is 43.1 Å². The molecule has 0 spiro atoms. The molecule has 2 rings (SSSR count). The highest BCUT2D eigenvalue weighted by Gasteiger charge is 2.34. The van der Waals surface area contributed by atoms with E-state index in [9.17, 15) is 9.59 Å². The Hall–Kier alpha value is -1.84. The van der Waals surface area contributed by atoms with Crippen LogP contribution in [0.4, 0.5) is 5.69 Å². The molecule has 0 aromatic heterocycles. The molecule has 0 fully saturated rings. The van der Waals surface area contributed by atoms with Gasteiger partial charge in [-0.1, -0.05) is 19.9 Å². The summed E-state index contributed by atoms with van der Waals surface area (Å²) in [6.07, 6.45) is 0.942. The molecule has 0 bridgehead atoms. The summed E-state index contributed by atoms with van der Waals surface area (Å²) >= 11 is 0. The fourth-order valence-corrected chi connectivity index (χ4v) is 2.33. The van der Waals surface area contributed by atoms with Crippen LogP contribution in [0.15, 0.2) is 18.2 Å². The van der Waals surface area contributed by atoms with Crippen LogP contribution in [-0.4, -0.2) is 24.9 Å². The van der Waals surface area contributed by atoms with Gasteiger partial charge in [0.1, 0.15) is 0 Å². The molecule has 0 unspecified atom stereocenters. The second-order valence-corrected chi connectivity index (χ2v) is 5.75. The number of ketones is 1. The molecule has 0 aliphatic carbocycles. The number of esters is 1. The SMILES string of the molecule is CCOC(=O)CCc1ccc2c(c1)C(=O)C(C)(C)CN2. The maximum Gasteiger partial charge on any atom is 0.306 e. The summed E-state index contributed by atoms with van der Waals surface area (Å²) in [6.45, 7) is 6.73. The average Bonchev–Trinajstić information content (AvgIpc) is 2.41. The highest BCUT2D eigenvalue weighted by molar-refractivity contribution is 6.06. The molecule has 20 heavy (non-hydrogen) atoms.